The summed E-state index contributed by atoms with van der Waals surface area (Å²) < 4.78 is 0. The van der Waals surface area contributed by atoms with Gasteiger partial charge in [-0.1, -0.05) is 32.0 Å². The molecule has 1 fully saturated rings. The molecule has 0 spiro atoms. The van der Waals surface area contributed by atoms with Crippen LogP contribution >= 0.6 is 0 Å². The van der Waals surface area contributed by atoms with Crippen molar-refractivity contribution < 1.29 is 4.79 Å². The smallest absolute Gasteiger partial charge is 0.223 e. The molecule has 1 heterocycles. The Labute approximate surface area is 122 Å². The number of hydrogen-bond acceptors (Lipinski definition) is 2. The van der Waals surface area contributed by atoms with E-state index in [1.807, 2.05) is 6.07 Å². The molecular formula is C17H26N2O. The summed E-state index contributed by atoms with van der Waals surface area (Å²) in [5.41, 5.74) is 1.29. The van der Waals surface area contributed by atoms with Crippen molar-refractivity contribution in [1.82, 2.24) is 5.32 Å². The first-order valence-electron chi connectivity index (χ1n) is 7.85. The number of anilines is 1. The molecule has 0 saturated carbocycles. The lowest BCUT2D eigenvalue weighted by Crippen LogP contribution is -2.46. The van der Waals surface area contributed by atoms with Crippen LogP contribution in [0.5, 0.6) is 0 Å². The highest BCUT2D eigenvalue weighted by Crippen LogP contribution is 2.20. The van der Waals surface area contributed by atoms with Crippen LogP contribution in [0.25, 0.3) is 0 Å². The highest BCUT2D eigenvalue weighted by Gasteiger charge is 2.23. The zero-order chi connectivity index (χ0) is 14.4. The zero-order valence-electron chi connectivity index (χ0n) is 12.6. The highest BCUT2D eigenvalue weighted by atomic mass is 16.1. The fourth-order valence-electron chi connectivity index (χ4n) is 2.90. The van der Waals surface area contributed by atoms with Gasteiger partial charge < -0.3 is 10.2 Å². The van der Waals surface area contributed by atoms with Gasteiger partial charge in [-0.15, -0.1) is 0 Å². The minimum Gasteiger partial charge on any atom is -0.371 e. The quantitative estimate of drug-likeness (QED) is 0.894. The first-order chi connectivity index (χ1) is 9.74. The molecule has 1 saturated heterocycles. The first kappa shape index (κ1) is 14.9. The maximum absolute atomic E-state index is 12.1. The van der Waals surface area contributed by atoms with Gasteiger partial charge in [-0.25, -0.2) is 0 Å². The second-order valence-corrected chi connectivity index (χ2v) is 5.62. The zero-order valence-corrected chi connectivity index (χ0v) is 12.6. The van der Waals surface area contributed by atoms with E-state index in [2.05, 4.69) is 48.3 Å². The van der Waals surface area contributed by atoms with Crippen LogP contribution in [0.1, 0.15) is 39.5 Å². The fourth-order valence-corrected chi connectivity index (χ4v) is 2.90. The number of carbonyl (C=O) groups is 1. The molecule has 1 N–H and O–H groups in total. The van der Waals surface area contributed by atoms with E-state index >= 15 is 0 Å². The topological polar surface area (TPSA) is 32.3 Å². The number of carbonyl (C=O) groups excluding carboxylic acids is 1. The molecule has 0 bridgehead atoms. The standard InChI is InChI=1S/C17H26N2O/c1-3-14(4-2)17(20)18-15-10-12-19(13-11-15)16-8-6-5-7-9-16/h5-9,14-15H,3-4,10-13H2,1-2H3,(H,18,20). The van der Waals surface area contributed by atoms with Crippen LogP contribution in [0, 0.1) is 5.92 Å². The monoisotopic (exact) mass is 274 g/mol. The van der Waals surface area contributed by atoms with Crippen molar-refractivity contribution in [2.75, 3.05) is 18.0 Å². The number of piperidine rings is 1. The van der Waals surface area contributed by atoms with Crippen molar-refractivity contribution >= 4 is 11.6 Å². The van der Waals surface area contributed by atoms with Crippen LogP contribution < -0.4 is 10.2 Å². The van der Waals surface area contributed by atoms with E-state index in [4.69, 9.17) is 0 Å². The molecule has 0 atom stereocenters. The van der Waals surface area contributed by atoms with Crippen molar-refractivity contribution in [3.8, 4) is 0 Å². The third-order valence-electron chi connectivity index (χ3n) is 4.32. The molecule has 2 rings (SSSR count). The molecule has 0 radical (unpaired) electrons. The third-order valence-corrected chi connectivity index (χ3v) is 4.32. The van der Waals surface area contributed by atoms with Crippen molar-refractivity contribution in [3.05, 3.63) is 30.3 Å². The number of nitrogens with one attached hydrogen (secondary N) is 1. The Bertz CT molecular complexity index is 406. The molecule has 0 unspecified atom stereocenters. The van der Waals surface area contributed by atoms with Gasteiger partial charge in [0.25, 0.3) is 0 Å². The van der Waals surface area contributed by atoms with E-state index in [9.17, 15) is 4.79 Å². The molecule has 1 aromatic carbocycles. The minimum absolute atomic E-state index is 0.183. The van der Waals surface area contributed by atoms with E-state index in [0.717, 1.165) is 38.8 Å². The molecule has 3 nitrogen and oxygen atoms in total. The number of para-hydroxylation sites is 1. The van der Waals surface area contributed by atoms with Crippen LogP contribution in [0.3, 0.4) is 0 Å². The van der Waals surface area contributed by atoms with Crippen molar-refractivity contribution in [3.63, 3.8) is 0 Å². The molecule has 1 aliphatic rings. The van der Waals surface area contributed by atoms with E-state index in [1.54, 1.807) is 0 Å². The number of rotatable bonds is 5. The van der Waals surface area contributed by atoms with Gasteiger partial charge in [0.1, 0.15) is 0 Å². The first-order valence-corrected chi connectivity index (χ1v) is 7.85. The second kappa shape index (κ2) is 7.32. The largest absolute Gasteiger partial charge is 0.371 e. The van der Waals surface area contributed by atoms with Gasteiger partial charge in [0, 0.05) is 30.7 Å². The second-order valence-electron chi connectivity index (χ2n) is 5.62. The Kier molecular flexibility index (Phi) is 5.45. The van der Waals surface area contributed by atoms with E-state index < -0.39 is 0 Å². The normalized spacial score (nSPS) is 16.4. The summed E-state index contributed by atoms with van der Waals surface area (Å²) in [6, 6.07) is 10.9. The van der Waals surface area contributed by atoms with Crippen molar-refractivity contribution in [1.29, 1.82) is 0 Å². The predicted molar refractivity (Wildman–Crippen MR) is 83.9 cm³/mol. The van der Waals surface area contributed by atoms with E-state index in [0.29, 0.717) is 6.04 Å². The molecule has 20 heavy (non-hydrogen) atoms. The number of benzene rings is 1. The maximum atomic E-state index is 12.1. The molecule has 0 aliphatic carbocycles. The predicted octanol–water partition coefficient (Wildman–Crippen LogP) is 3.21. The lowest BCUT2D eigenvalue weighted by molar-refractivity contribution is -0.126. The summed E-state index contributed by atoms with van der Waals surface area (Å²) in [7, 11) is 0. The van der Waals surface area contributed by atoms with Crippen LogP contribution in [0.4, 0.5) is 5.69 Å². The summed E-state index contributed by atoms with van der Waals surface area (Å²) in [4.78, 5) is 14.5. The van der Waals surface area contributed by atoms with Gasteiger partial charge in [0.2, 0.25) is 5.91 Å². The molecule has 0 aromatic heterocycles. The summed E-state index contributed by atoms with van der Waals surface area (Å²) in [6.45, 7) is 6.23. The Morgan fingerprint density at radius 3 is 2.35 bits per heavy atom. The molecule has 1 aromatic rings. The molecule has 3 heteroatoms. The van der Waals surface area contributed by atoms with Gasteiger partial charge in [-0.2, -0.15) is 0 Å². The summed E-state index contributed by atoms with van der Waals surface area (Å²) in [5, 5.41) is 3.23. The van der Waals surface area contributed by atoms with Gasteiger partial charge in [0.15, 0.2) is 0 Å². The average molecular weight is 274 g/mol. The van der Waals surface area contributed by atoms with E-state index in [1.165, 1.54) is 5.69 Å². The Morgan fingerprint density at radius 2 is 1.80 bits per heavy atom. The number of hydrogen-bond donors (Lipinski definition) is 1. The molecular weight excluding hydrogens is 248 g/mol. The number of amides is 1. The van der Waals surface area contributed by atoms with Crippen LogP contribution in [-0.2, 0) is 4.79 Å². The molecule has 110 valence electrons. The third kappa shape index (κ3) is 3.75. The minimum atomic E-state index is 0.183. The summed E-state index contributed by atoms with van der Waals surface area (Å²) in [6.07, 6.45) is 3.96. The van der Waals surface area contributed by atoms with Crippen molar-refractivity contribution in [2.45, 2.75) is 45.6 Å². The Morgan fingerprint density at radius 1 is 1.20 bits per heavy atom. The van der Waals surface area contributed by atoms with Gasteiger partial charge in [0.05, 0.1) is 0 Å². The summed E-state index contributed by atoms with van der Waals surface area (Å²) >= 11 is 0. The van der Waals surface area contributed by atoms with Crippen LogP contribution in [-0.4, -0.2) is 25.0 Å². The van der Waals surface area contributed by atoms with Crippen LogP contribution in [0.2, 0.25) is 0 Å². The maximum Gasteiger partial charge on any atom is 0.223 e. The lowest BCUT2D eigenvalue weighted by Gasteiger charge is -2.34. The summed E-state index contributed by atoms with van der Waals surface area (Å²) in [5.74, 6) is 0.426. The van der Waals surface area contributed by atoms with Crippen molar-refractivity contribution in [2.24, 2.45) is 5.92 Å². The van der Waals surface area contributed by atoms with Gasteiger partial charge >= 0.3 is 0 Å². The lowest BCUT2D eigenvalue weighted by atomic mass is 9.99. The van der Waals surface area contributed by atoms with E-state index in [-0.39, 0.29) is 11.8 Å². The van der Waals surface area contributed by atoms with Gasteiger partial charge in [-0.05, 0) is 37.8 Å². The van der Waals surface area contributed by atoms with Crippen LogP contribution in [0.15, 0.2) is 30.3 Å². The Balaban J connectivity index is 1.81. The Hall–Kier alpha value is -1.51. The van der Waals surface area contributed by atoms with Gasteiger partial charge in [-0.3, -0.25) is 4.79 Å². The average Bonchev–Trinajstić information content (AvgIpc) is 2.50. The highest BCUT2D eigenvalue weighted by molar-refractivity contribution is 5.78. The molecule has 1 amide bonds. The fraction of sp³-hybridized carbons (Fsp3) is 0.588. The SMILES string of the molecule is CCC(CC)C(=O)NC1CCN(c2ccccc2)CC1. The number of nitrogens with zero attached hydrogens (tertiary/aromatic N) is 1. The molecule has 1 aliphatic heterocycles.